The van der Waals surface area contributed by atoms with Crippen molar-refractivity contribution in [2.45, 2.75) is 32.7 Å². The second-order valence-corrected chi connectivity index (χ2v) is 4.54. The Morgan fingerprint density at radius 1 is 1.33 bits per heavy atom. The van der Waals surface area contributed by atoms with Crippen LogP contribution in [0.25, 0.3) is 11.0 Å². The molecular formula is C14H19N2O2+. The Morgan fingerprint density at radius 3 is 2.72 bits per heavy atom. The van der Waals surface area contributed by atoms with E-state index in [0.29, 0.717) is 5.82 Å². The average molecular weight is 247 g/mol. The fourth-order valence-corrected chi connectivity index (χ4v) is 2.39. The summed E-state index contributed by atoms with van der Waals surface area (Å²) >= 11 is 0. The molecular weight excluding hydrogens is 228 g/mol. The van der Waals surface area contributed by atoms with Gasteiger partial charge in [-0.15, -0.1) is 0 Å². The van der Waals surface area contributed by atoms with Gasteiger partial charge in [0.2, 0.25) is 0 Å². The predicted octanol–water partition coefficient (Wildman–Crippen LogP) is 2.35. The Balaban J connectivity index is 2.53. The van der Waals surface area contributed by atoms with Crippen LogP contribution in [0.4, 0.5) is 0 Å². The summed E-state index contributed by atoms with van der Waals surface area (Å²) in [5, 5.41) is 9.36. The molecule has 1 aromatic heterocycles. The summed E-state index contributed by atoms with van der Waals surface area (Å²) in [5.41, 5.74) is 1.96. The van der Waals surface area contributed by atoms with Crippen molar-refractivity contribution in [1.82, 2.24) is 4.57 Å². The van der Waals surface area contributed by atoms with Crippen molar-refractivity contribution in [3.05, 3.63) is 30.1 Å². The minimum absolute atomic E-state index is 0.354. The van der Waals surface area contributed by atoms with E-state index in [0.717, 1.165) is 36.8 Å². The number of hydrogen-bond donors (Lipinski definition) is 1. The van der Waals surface area contributed by atoms with Gasteiger partial charge in [0.05, 0.1) is 13.6 Å². The zero-order chi connectivity index (χ0) is 13.1. The Labute approximate surface area is 106 Å². The van der Waals surface area contributed by atoms with Gasteiger partial charge in [-0.25, -0.2) is 13.9 Å². The van der Waals surface area contributed by atoms with E-state index in [2.05, 4.69) is 6.92 Å². The van der Waals surface area contributed by atoms with Crippen molar-refractivity contribution in [2.24, 2.45) is 7.05 Å². The number of aryl methyl sites for hydroxylation is 2. The number of hydrogen-bond acceptors (Lipinski definition) is 1. The highest BCUT2D eigenvalue weighted by molar-refractivity contribution is 5.86. The third kappa shape index (κ3) is 2.10. The van der Waals surface area contributed by atoms with E-state index in [1.165, 1.54) is 0 Å². The van der Waals surface area contributed by atoms with E-state index < -0.39 is 5.97 Å². The quantitative estimate of drug-likeness (QED) is 0.651. The molecule has 0 aliphatic carbocycles. The number of rotatable bonds is 5. The zero-order valence-corrected chi connectivity index (χ0v) is 10.9. The highest BCUT2D eigenvalue weighted by atomic mass is 16.4. The minimum Gasteiger partial charge on any atom is -0.472 e. The van der Waals surface area contributed by atoms with Crippen LogP contribution in [-0.2, 0) is 13.6 Å². The number of unbranched alkanes of at least 4 members (excludes halogenated alkanes) is 2. The number of fused-ring (bicyclic) bond motifs is 1. The molecule has 0 amide bonds. The van der Waals surface area contributed by atoms with Gasteiger partial charge in [0, 0.05) is 0 Å². The predicted molar refractivity (Wildman–Crippen MR) is 69.6 cm³/mol. The molecule has 0 aliphatic rings. The third-order valence-electron chi connectivity index (χ3n) is 3.28. The maximum atomic E-state index is 11.4. The number of carbonyl (C=O) groups is 1. The first-order valence-electron chi connectivity index (χ1n) is 6.37. The summed E-state index contributed by atoms with van der Waals surface area (Å²) in [4.78, 5) is 11.4. The standard InChI is InChI=1S/C14H18N2O2/c1-3-4-7-10-16-12-9-6-5-8-11(12)15(2)13(16)14(17)18/h5-6,8-9H,3-4,7,10H2,1-2H3/p+1. The highest BCUT2D eigenvalue weighted by Crippen LogP contribution is 2.15. The van der Waals surface area contributed by atoms with Gasteiger partial charge in [-0.2, -0.15) is 0 Å². The van der Waals surface area contributed by atoms with Crippen LogP contribution in [0.15, 0.2) is 24.3 Å². The molecule has 18 heavy (non-hydrogen) atoms. The molecule has 0 saturated heterocycles. The maximum absolute atomic E-state index is 11.4. The molecule has 0 radical (unpaired) electrons. The van der Waals surface area contributed by atoms with Crippen molar-refractivity contribution in [1.29, 1.82) is 0 Å². The molecule has 0 fully saturated rings. The molecule has 1 heterocycles. The molecule has 0 aliphatic heterocycles. The number of carboxylic acid groups (broad SMARTS) is 1. The number of para-hydroxylation sites is 2. The molecule has 0 atom stereocenters. The van der Waals surface area contributed by atoms with Crippen molar-refractivity contribution in [3.63, 3.8) is 0 Å². The lowest BCUT2D eigenvalue weighted by Crippen LogP contribution is -2.36. The topological polar surface area (TPSA) is 46.1 Å². The maximum Gasteiger partial charge on any atom is 0.419 e. The van der Waals surface area contributed by atoms with Crippen LogP contribution < -0.4 is 4.57 Å². The molecule has 2 rings (SSSR count). The fourth-order valence-electron chi connectivity index (χ4n) is 2.39. The summed E-state index contributed by atoms with van der Waals surface area (Å²) in [7, 11) is 1.81. The Kier molecular flexibility index (Phi) is 3.65. The summed E-state index contributed by atoms with van der Waals surface area (Å²) in [6.45, 7) is 2.91. The molecule has 96 valence electrons. The third-order valence-corrected chi connectivity index (χ3v) is 3.28. The van der Waals surface area contributed by atoms with Gasteiger partial charge >= 0.3 is 11.8 Å². The normalized spacial score (nSPS) is 11.0. The van der Waals surface area contributed by atoms with Crippen LogP contribution in [-0.4, -0.2) is 15.6 Å². The van der Waals surface area contributed by atoms with Gasteiger partial charge < -0.3 is 5.11 Å². The number of aromatic nitrogens is 2. The van der Waals surface area contributed by atoms with Gasteiger partial charge in [-0.05, 0) is 25.0 Å². The van der Waals surface area contributed by atoms with Crippen LogP contribution in [0.5, 0.6) is 0 Å². The zero-order valence-electron chi connectivity index (χ0n) is 10.9. The van der Waals surface area contributed by atoms with E-state index >= 15 is 0 Å². The van der Waals surface area contributed by atoms with Crippen LogP contribution >= 0.6 is 0 Å². The lowest BCUT2D eigenvalue weighted by molar-refractivity contribution is -0.648. The van der Waals surface area contributed by atoms with Gasteiger partial charge in [-0.1, -0.05) is 25.5 Å². The van der Waals surface area contributed by atoms with Crippen molar-refractivity contribution >= 4 is 17.0 Å². The molecule has 2 aromatic rings. The number of imidazole rings is 1. The first-order chi connectivity index (χ1) is 8.66. The van der Waals surface area contributed by atoms with Gasteiger partial charge in [0.1, 0.15) is 0 Å². The summed E-state index contributed by atoms with van der Waals surface area (Å²) < 4.78 is 3.66. The average Bonchev–Trinajstić information content (AvgIpc) is 2.64. The molecule has 4 nitrogen and oxygen atoms in total. The second kappa shape index (κ2) is 5.21. The molecule has 1 N–H and O–H groups in total. The molecule has 1 aromatic carbocycles. The van der Waals surface area contributed by atoms with Gasteiger partial charge in [-0.3, -0.25) is 0 Å². The Morgan fingerprint density at radius 2 is 2.06 bits per heavy atom. The largest absolute Gasteiger partial charge is 0.472 e. The first-order valence-corrected chi connectivity index (χ1v) is 6.37. The van der Waals surface area contributed by atoms with Gasteiger partial charge in [0.25, 0.3) is 0 Å². The molecule has 0 spiro atoms. The number of nitrogens with zero attached hydrogens (tertiary/aromatic N) is 2. The van der Waals surface area contributed by atoms with E-state index in [9.17, 15) is 9.90 Å². The number of benzene rings is 1. The van der Waals surface area contributed by atoms with Gasteiger partial charge in [0.15, 0.2) is 11.0 Å². The second-order valence-electron chi connectivity index (χ2n) is 4.54. The van der Waals surface area contributed by atoms with E-state index in [1.807, 2.05) is 35.9 Å². The van der Waals surface area contributed by atoms with Crippen LogP contribution in [0.1, 0.15) is 36.8 Å². The van der Waals surface area contributed by atoms with E-state index in [-0.39, 0.29) is 0 Å². The number of aromatic carboxylic acids is 1. The lowest BCUT2D eigenvalue weighted by atomic mass is 10.2. The lowest BCUT2D eigenvalue weighted by Gasteiger charge is -1.99. The van der Waals surface area contributed by atoms with Crippen LogP contribution in [0, 0.1) is 0 Å². The number of carboxylic acids is 1. The molecule has 0 unspecified atom stereocenters. The van der Waals surface area contributed by atoms with E-state index in [1.54, 1.807) is 4.57 Å². The van der Waals surface area contributed by atoms with Crippen LogP contribution in [0.3, 0.4) is 0 Å². The monoisotopic (exact) mass is 247 g/mol. The molecule has 4 heteroatoms. The summed E-state index contributed by atoms with van der Waals surface area (Å²) in [5.74, 6) is -0.516. The SMILES string of the molecule is CCCCCn1c(C(=O)O)[n+](C)c2ccccc21. The van der Waals surface area contributed by atoms with E-state index in [4.69, 9.17) is 0 Å². The fraction of sp³-hybridized carbons (Fsp3) is 0.429. The summed E-state index contributed by atoms with van der Waals surface area (Å²) in [6.07, 6.45) is 3.26. The van der Waals surface area contributed by atoms with Crippen molar-refractivity contribution in [3.8, 4) is 0 Å². The first kappa shape index (κ1) is 12.6. The van der Waals surface area contributed by atoms with Crippen molar-refractivity contribution < 1.29 is 14.5 Å². The Hall–Kier alpha value is -1.84. The minimum atomic E-state index is -0.870. The molecule has 0 saturated carbocycles. The highest BCUT2D eigenvalue weighted by Gasteiger charge is 2.27. The van der Waals surface area contributed by atoms with Crippen molar-refractivity contribution in [2.75, 3.05) is 0 Å². The smallest absolute Gasteiger partial charge is 0.419 e. The Bertz CT molecular complexity index is 572. The van der Waals surface area contributed by atoms with Crippen LogP contribution in [0.2, 0.25) is 0 Å². The summed E-state index contributed by atoms with van der Waals surface area (Å²) in [6, 6.07) is 7.82. The molecule has 0 bridgehead atoms.